The van der Waals surface area contributed by atoms with Crippen LogP contribution < -0.4 is 27.6 Å². The number of nitrogens with two attached hydrogens (primary N) is 1. The van der Waals surface area contributed by atoms with Crippen LogP contribution in [-0.2, 0) is 6.42 Å². The lowest BCUT2D eigenvalue weighted by Crippen LogP contribution is -3.00. The van der Waals surface area contributed by atoms with E-state index in [9.17, 15) is 0 Å². The van der Waals surface area contributed by atoms with E-state index in [-0.39, 0.29) is 18.4 Å². The summed E-state index contributed by atoms with van der Waals surface area (Å²) in [6, 6.07) is 16.2. The van der Waals surface area contributed by atoms with E-state index >= 15 is 0 Å². The van der Waals surface area contributed by atoms with Crippen LogP contribution in [-0.4, -0.2) is 13.2 Å². The number of benzene rings is 2. The monoisotopic (exact) mass is 290 g/mol. The SMILES string of the molecule is NC(Cc1ccccc1)c1ccc2c(c1)OCCO2.[Cl-]. The average Bonchev–Trinajstić information content (AvgIpc) is 2.48. The number of hydrogen-bond donors (Lipinski definition) is 1. The molecule has 3 rings (SSSR count). The minimum Gasteiger partial charge on any atom is -1.00 e. The van der Waals surface area contributed by atoms with Gasteiger partial charge in [0.1, 0.15) is 13.2 Å². The van der Waals surface area contributed by atoms with Crippen LogP contribution in [0.3, 0.4) is 0 Å². The topological polar surface area (TPSA) is 44.5 Å². The van der Waals surface area contributed by atoms with Crippen molar-refractivity contribution in [3.63, 3.8) is 0 Å². The molecule has 3 nitrogen and oxygen atoms in total. The molecule has 106 valence electrons. The molecule has 1 aliphatic heterocycles. The van der Waals surface area contributed by atoms with E-state index in [1.54, 1.807) is 0 Å². The molecule has 0 saturated carbocycles. The lowest BCUT2D eigenvalue weighted by molar-refractivity contribution is -0.00000451. The third-order valence-electron chi connectivity index (χ3n) is 3.29. The first-order valence-corrected chi connectivity index (χ1v) is 6.52. The minimum atomic E-state index is -0.0294. The van der Waals surface area contributed by atoms with Crippen molar-refractivity contribution < 1.29 is 21.9 Å². The Labute approximate surface area is 125 Å². The van der Waals surface area contributed by atoms with Crippen molar-refractivity contribution in [2.24, 2.45) is 5.73 Å². The summed E-state index contributed by atoms with van der Waals surface area (Å²) in [6.07, 6.45) is 0.820. The molecule has 20 heavy (non-hydrogen) atoms. The van der Waals surface area contributed by atoms with Gasteiger partial charge in [0, 0.05) is 6.04 Å². The summed E-state index contributed by atoms with van der Waals surface area (Å²) in [4.78, 5) is 0. The largest absolute Gasteiger partial charge is 1.00 e. The van der Waals surface area contributed by atoms with Crippen molar-refractivity contribution in [2.75, 3.05) is 13.2 Å². The van der Waals surface area contributed by atoms with Crippen LogP contribution >= 0.6 is 0 Å². The molecule has 2 aromatic rings. The first-order chi connectivity index (χ1) is 9.33. The first kappa shape index (κ1) is 14.7. The lowest BCUT2D eigenvalue weighted by Gasteiger charge is -2.20. The van der Waals surface area contributed by atoms with Gasteiger partial charge in [0.05, 0.1) is 0 Å². The van der Waals surface area contributed by atoms with Crippen LogP contribution in [0.5, 0.6) is 11.5 Å². The van der Waals surface area contributed by atoms with Crippen molar-refractivity contribution in [3.05, 3.63) is 59.7 Å². The summed E-state index contributed by atoms with van der Waals surface area (Å²) in [5.41, 5.74) is 8.58. The molecule has 0 aliphatic carbocycles. The average molecular weight is 291 g/mol. The van der Waals surface area contributed by atoms with Crippen molar-refractivity contribution >= 4 is 0 Å². The minimum absolute atomic E-state index is 0. The van der Waals surface area contributed by atoms with Gasteiger partial charge in [0.25, 0.3) is 0 Å². The van der Waals surface area contributed by atoms with Gasteiger partial charge in [-0.25, -0.2) is 0 Å². The van der Waals surface area contributed by atoms with Gasteiger partial charge in [-0.1, -0.05) is 36.4 Å². The lowest BCUT2D eigenvalue weighted by atomic mass is 9.99. The summed E-state index contributed by atoms with van der Waals surface area (Å²) < 4.78 is 11.1. The Morgan fingerprint density at radius 1 is 0.950 bits per heavy atom. The molecular weight excluding hydrogens is 274 g/mol. The number of fused-ring (bicyclic) bond motifs is 1. The number of rotatable bonds is 3. The highest BCUT2D eigenvalue weighted by Gasteiger charge is 2.14. The maximum atomic E-state index is 6.26. The molecule has 0 spiro atoms. The van der Waals surface area contributed by atoms with Gasteiger partial charge in [0.2, 0.25) is 0 Å². The van der Waals surface area contributed by atoms with Crippen LogP contribution in [0, 0.1) is 0 Å². The molecule has 1 atom stereocenters. The smallest absolute Gasteiger partial charge is 0.161 e. The molecule has 0 fully saturated rings. The van der Waals surface area contributed by atoms with E-state index in [0.717, 1.165) is 23.5 Å². The molecule has 2 aromatic carbocycles. The zero-order valence-corrected chi connectivity index (χ0v) is 11.8. The highest BCUT2D eigenvalue weighted by Crippen LogP contribution is 2.32. The quantitative estimate of drug-likeness (QED) is 0.845. The second-order valence-electron chi connectivity index (χ2n) is 4.70. The van der Waals surface area contributed by atoms with Gasteiger partial charge >= 0.3 is 0 Å². The van der Waals surface area contributed by atoms with Crippen LogP contribution in [0.15, 0.2) is 48.5 Å². The summed E-state index contributed by atoms with van der Waals surface area (Å²) in [5.74, 6) is 1.61. The molecule has 1 aliphatic rings. The Bertz CT molecular complexity index is 560. The number of halogens is 1. The maximum absolute atomic E-state index is 6.26. The summed E-state index contributed by atoms with van der Waals surface area (Å²) in [6.45, 7) is 1.22. The fourth-order valence-corrected chi connectivity index (χ4v) is 2.28. The Kier molecular flexibility index (Phi) is 4.88. The fourth-order valence-electron chi connectivity index (χ4n) is 2.28. The molecule has 0 bridgehead atoms. The number of ether oxygens (including phenoxy) is 2. The molecule has 0 amide bonds. The molecular formula is C16H17ClNO2-. The second-order valence-corrected chi connectivity index (χ2v) is 4.70. The van der Waals surface area contributed by atoms with Crippen molar-refractivity contribution in [3.8, 4) is 11.5 Å². The highest BCUT2D eigenvalue weighted by atomic mass is 35.5. The highest BCUT2D eigenvalue weighted by molar-refractivity contribution is 5.44. The molecule has 2 N–H and O–H groups in total. The van der Waals surface area contributed by atoms with Crippen LogP contribution in [0.2, 0.25) is 0 Å². The van der Waals surface area contributed by atoms with Gasteiger partial charge in [-0.05, 0) is 29.7 Å². The van der Waals surface area contributed by atoms with E-state index in [1.807, 2.05) is 36.4 Å². The van der Waals surface area contributed by atoms with Crippen LogP contribution in [0.4, 0.5) is 0 Å². The maximum Gasteiger partial charge on any atom is 0.161 e. The van der Waals surface area contributed by atoms with Gasteiger partial charge in [-0.2, -0.15) is 0 Å². The van der Waals surface area contributed by atoms with Crippen LogP contribution in [0.1, 0.15) is 17.2 Å². The van der Waals surface area contributed by atoms with E-state index in [1.165, 1.54) is 5.56 Å². The van der Waals surface area contributed by atoms with Crippen molar-refractivity contribution in [2.45, 2.75) is 12.5 Å². The number of hydrogen-bond acceptors (Lipinski definition) is 3. The van der Waals surface area contributed by atoms with E-state index in [4.69, 9.17) is 15.2 Å². The Morgan fingerprint density at radius 3 is 2.40 bits per heavy atom. The van der Waals surface area contributed by atoms with Crippen molar-refractivity contribution in [1.82, 2.24) is 0 Å². The standard InChI is InChI=1S/C16H17NO2.ClH/c17-14(10-12-4-2-1-3-5-12)13-6-7-15-16(11-13)19-9-8-18-15;/h1-7,11,14H,8-10,17H2;1H/p-1. The Hall–Kier alpha value is -1.71. The zero-order chi connectivity index (χ0) is 13.1. The molecule has 1 heterocycles. The third-order valence-corrected chi connectivity index (χ3v) is 3.29. The summed E-state index contributed by atoms with van der Waals surface area (Å²) in [5, 5.41) is 0. The Balaban J connectivity index is 0.00000147. The van der Waals surface area contributed by atoms with Gasteiger partial charge in [-0.15, -0.1) is 0 Å². The van der Waals surface area contributed by atoms with Gasteiger partial charge < -0.3 is 27.6 Å². The Morgan fingerprint density at radius 2 is 1.65 bits per heavy atom. The third kappa shape index (κ3) is 3.24. The fraction of sp³-hybridized carbons (Fsp3) is 0.250. The van der Waals surface area contributed by atoms with Crippen LogP contribution in [0.25, 0.3) is 0 Å². The van der Waals surface area contributed by atoms with Gasteiger partial charge in [0.15, 0.2) is 11.5 Å². The molecule has 0 aromatic heterocycles. The summed E-state index contributed by atoms with van der Waals surface area (Å²) in [7, 11) is 0. The predicted octanol–water partition coefficient (Wildman–Crippen LogP) is -0.296. The molecule has 4 heteroatoms. The predicted molar refractivity (Wildman–Crippen MR) is 74.5 cm³/mol. The normalized spacial score (nSPS) is 14.2. The zero-order valence-electron chi connectivity index (χ0n) is 11.1. The van der Waals surface area contributed by atoms with Crippen molar-refractivity contribution in [1.29, 1.82) is 0 Å². The van der Waals surface area contributed by atoms with Gasteiger partial charge in [-0.3, -0.25) is 0 Å². The summed E-state index contributed by atoms with van der Waals surface area (Å²) >= 11 is 0. The molecule has 1 unspecified atom stereocenters. The van der Waals surface area contributed by atoms with E-state index in [0.29, 0.717) is 13.2 Å². The van der Waals surface area contributed by atoms with E-state index < -0.39 is 0 Å². The van der Waals surface area contributed by atoms with E-state index in [2.05, 4.69) is 12.1 Å². The molecule has 0 saturated heterocycles. The second kappa shape index (κ2) is 6.64. The molecule has 0 radical (unpaired) electrons. The first-order valence-electron chi connectivity index (χ1n) is 6.52.